The summed E-state index contributed by atoms with van der Waals surface area (Å²) in [6.45, 7) is 0. The second-order valence-corrected chi connectivity index (χ2v) is 7.52. The summed E-state index contributed by atoms with van der Waals surface area (Å²) in [6.07, 6.45) is 4.42. The average molecular weight is 389 g/mol. The number of anilines is 1. The number of hydrogen-bond donors (Lipinski definition) is 1. The van der Waals surface area contributed by atoms with Gasteiger partial charge in [0.1, 0.15) is 5.82 Å². The Labute approximate surface area is 126 Å². The maximum Gasteiger partial charge on any atom is 0.171 e. The Hall–Kier alpha value is -0.460. The summed E-state index contributed by atoms with van der Waals surface area (Å²) in [5.74, 6) is 1.39. The summed E-state index contributed by atoms with van der Waals surface area (Å²) in [6, 6.07) is 2.03. The van der Waals surface area contributed by atoms with Crippen LogP contribution in [-0.4, -0.2) is 9.97 Å². The Morgan fingerprint density at radius 2 is 1.94 bits per heavy atom. The molecule has 0 radical (unpaired) electrons. The summed E-state index contributed by atoms with van der Waals surface area (Å²) in [7, 11) is 0. The van der Waals surface area contributed by atoms with E-state index in [0.717, 1.165) is 43.1 Å². The summed E-state index contributed by atoms with van der Waals surface area (Å²) in [5.41, 5.74) is 8.34. The van der Waals surface area contributed by atoms with Crippen LogP contribution in [0.4, 0.5) is 5.82 Å². The number of aromatic nitrogens is 2. The second-order valence-electron chi connectivity index (χ2n) is 4.30. The van der Waals surface area contributed by atoms with E-state index in [2.05, 4.69) is 41.8 Å². The van der Waals surface area contributed by atoms with Crippen molar-refractivity contribution in [3.8, 4) is 10.7 Å². The number of nitrogens with zero attached hydrogens (tertiary/aromatic N) is 2. The van der Waals surface area contributed by atoms with Crippen molar-refractivity contribution in [2.45, 2.75) is 25.7 Å². The third kappa shape index (κ3) is 2.21. The van der Waals surface area contributed by atoms with Crippen LogP contribution < -0.4 is 5.73 Å². The van der Waals surface area contributed by atoms with Crippen molar-refractivity contribution in [3.05, 3.63) is 25.6 Å². The lowest BCUT2D eigenvalue weighted by Crippen LogP contribution is -2.11. The lowest BCUT2D eigenvalue weighted by molar-refractivity contribution is 0.666. The van der Waals surface area contributed by atoms with E-state index in [0.29, 0.717) is 5.82 Å². The highest BCUT2D eigenvalue weighted by atomic mass is 79.9. The van der Waals surface area contributed by atoms with Crippen molar-refractivity contribution in [1.29, 1.82) is 0 Å². The van der Waals surface area contributed by atoms with Crippen LogP contribution in [-0.2, 0) is 12.8 Å². The fourth-order valence-corrected chi connectivity index (χ4v) is 4.16. The predicted molar refractivity (Wildman–Crippen MR) is 81.8 cm³/mol. The van der Waals surface area contributed by atoms with Gasteiger partial charge in [0.25, 0.3) is 0 Å². The predicted octanol–water partition coefficient (Wildman–Crippen LogP) is 4.19. The van der Waals surface area contributed by atoms with Crippen molar-refractivity contribution in [1.82, 2.24) is 9.97 Å². The first-order valence-electron chi connectivity index (χ1n) is 5.75. The van der Waals surface area contributed by atoms with Gasteiger partial charge < -0.3 is 5.73 Å². The number of rotatable bonds is 1. The number of nitrogens with two attached hydrogens (primary N) is 1. The number of aryl methyl sites for hydroxylation is 1. The van der Waals surface area contributed by atoms with Crippen LogP contribution in [0.25, 0.3) is 10.7 Å². The average Bonchev–Trinajstić information content (AvgIpc) is 2.70. The summed E-state index contributed by atoms with van der Waals surface area (Å²) < 4.78 is 2.08. The molecular formula is C12H11Br2N3S. The lowest BCUT2D eigenvalue weighted by Gasteiger charge is -2.16. The van der Waals surface area contributed by atoms with Crippen LogP contribution in [0.15, 0.2) is 14.3 Å². The molecule has 0 fully saturated rings. The quantitative estimate of drug-likeness (QED) is 0.796. The molecule has 6 heteroatoms. The molecule has 0 amide bonds. The molecule has 94 valence electrons. The summed E-state index contributed by atoms with van der Waals surface area (Å²) in [4.78, 5) is 10.2. The minimum absolute atomic E-state index is 0.648. The molecule has 0 unspecified atom stereocenters. The molecule has 0 bridgehead atoms. The number of halogens is 2. The highest BCUT2D eigenvalue weighted by molar-refractivity contribution is 9.13. The van der Waals surface area contributed by atoms with Gasteiger partial charge in [-0.25, -0.2) is 9.97 Å². The van der Waals surface area contributed by atoms with Gasteiger partial charge in [-0.15, -0.1) is 11.3 Å². The Kier molecular flexibility index (Phi) is 3.42. The van der Waals surface area contributed by atoms with E-state index < -0.39 is 0 Å². The van der Waals surface area contributed by atoms with E-state index in [4.69, 9.17) is 5.73 Å². The number of nitrogen functional groups attached to an aromatic ring is 1. The van der Waals surface area contributed by atoms with Crippen molar-refractivity contribution in [3.63, 3.8) is 0 Å². The highest BCUT2D eigenvalue weighted by Crippen LogP contribution is 2.38. The zero-order valence-electron chi connectivity index (χ0n) is 9.54. The van der Waals surface area contributed by atoms with Crippen molar-refractivity contribution >= 4 is 49.0 Å². The monoisotopic (exact) mass is 387 g/mol. The van der Waals surface area contributed by atoms with E-state index in [1.807, 2.05) is 6.07 Å². The molecule has 0 aliphatic heterocycles. The van der Waals surface area contributed by atoms with Crippen LogP contribution in [0, 0.1) is 0 Å². The maximum absolute atomic E-state index is 6.05. The first-order chi connectivity index (χ1) is 8.65. The third-order valence-electron chi connectivity index (χ3n) is 3.08. The van der Waals surface area contributed by atoms with Gasteiger partial charge in [-0.1, -0.05) is 0 Å². The normalized spacial score (nSPS) is 14.6. The Morgan fingerprint density at radius 3 is 2.67 bits per heavy atom. The van der Waals surface area contributed by atoms with E-state index in [-0.39, 0.29) is 0 Å². The smallest absolute Gasteiger partial charge is 0.171 e. The van der Waals surface area contributed by atoms with Gasteiger partial charge in [0.05, 0.1) is 8.66 Å². The van der Waals surface area contributed by atoms with Crippen molar-refractivity contribution in [2.24, 2.45) is 0 Å². The molecule has 0 saturated carbocycles. The van der Waals surface area contributed by atoms with Crippen LogP contribution >= 0.6 is 43.2 Å². The molecule has 0 spiro atoms. The fraction of sp³-hybridized carbons (Fsp3) is 0.333. The van der Waals surface area contributed by atoms with Gasteiger partial charge in [-0.3, -0.25) is 0 Å². The van der Waals surface area contributed by atoms with Crippen molar-refractivity contribution < 1.29 is 0 Å². The van der Waals surface area contributed by atoms with Gasteiger partial charge in [0.15, 0.2) is 5.82 Å². The van der Waals surface area contributed by atoms with Gasteiger partial charge in [-0.2, -0.15) is 0 Å². The molecule has 2 aromatic heterocycles. The Balaban J connectivity index is 2.10. The van der Waals surface area contributed by atoms with E-state index in [1.165, 1.54) is 12.8 Å². The lowest BCUT2D eigenvalue weighted by atomic mass is 9.96. The number of fused-ring (bicyclic) bond motifs is 1. The third-order valence-corrected chi connectivity index (χ3v) is 6.33. The summed E-state index contributed by atoms with van der Waals surface area (Å²) >= 11 is 8.59. The SMILES string of the molecule is Nc1nc(-c2cc(Br)c(Br)s2)nc2c1CCCC2. The van der Waals surface area contributed by atoms with Gasteiger partial charge >= 0.3 is 0 Å². The van der Waals surface area contributed by atoms with Gasteiger partial charge in [-0.05, 0) is 63.6 Å². The maximum atomic E-state index is 6.05. The van der Waals surface area contributed by atoms with Crippen LogP contribution in [0.2, 0.25) is 0 Å². The van der Waals surface area contributed by atoms with Crippen LogP contribution in [0.5, 0.6) is 0 Å². The molecule has 18 heavy (non-hydrogen) atoms. The first kappa shape index (κ1) is 12.6. The summed E-state index contributed by atoms with van der Waals surface area (Å²) in [5, 5.41) is 0. The molecule has 2 aromatic rings. The molecule has 2 heterocycles. The molecule has 3 rings (SSSR count). The molecule has 0 atom stereocenters. The minimum atomic E-state index is 0.648. The van der Waals surface area contributed by atoms with Crippen LogP contribution in [0.3, 0.4) is 0 Å². The molecule has 1 aliphatic rings. The molecule has 3 nitrogen and oxygen atoms in total. The zero-order chi connectivity index (χ0) is 12.7. The molecular weight excluding hydrogens is 378 g/mol. The van der Waals surface area contributed by atoms with E-state index >= 15 is 0 Å². The minimum Gasteiger partial charge on any atom is -0.383 e. The van der Waals surface area contributed by atoms with Crippen molar-refractivity contribution in [2.75, 3.05) is 5.73 Å². The topological polar surface area (TPSA) is 51.8 Å². The molecule has 0 aromatic carbocycles. The van der Waals surface area contributed by atoms with Gasteiger partial charge in [0, 0.05) is 15.7 Å². The standard InChI is InChI=1S/C12H11Br2N3S/c13-7-5-9(18-10(7)14)12-16-8-4-2-1-3-6(8)11(15)17-12/h5H,1-4H2,(H2,15,16,17). The number of hydrogen-bond acceptors (Lipinski definition) is 4. The molecule has 0 saturated heterocycles. The first-order valence-corrected chi connectivity index (χ1v) is 8.16. The van der Waals surface area contributed by atoms with Gasteiger partial charge in [0.2, 0.25) is 0 Å². The van der Waals surface area contributed by atoms with E-state index in [9.17, 15) is 0 Å². The fourth-order valence-electron chi connectivity index (χ4n) is 2.19. The van der Waals surface area contributed by atoms with Crippen LogP contribution in [0.1, 0.15) is 24.1 Å². The largest absolute Gasteiger partial charge is 0.383 e. The Morgan fingerprint density at radius 1 is 1.17 bits per heavy atom. The Bertz CT molecular complexity index is 590. The second kappa shape index (κ2) is 4.90. The van der Waals surface area contributed by atoms with E-state index in [1.54, 1.807) is 11.3 Å². The molecule has 1 aliphatic carbocycles. The molecule has 2 N–H and O–H groups in total. The zero-order valence-corrected chi connectivity index (χ0v) is 13.5. The highest BCUT2D eigenvalue weighted by Gasteiger charge is 2.18. The number of thiophene rings is 1.